The lowest BCUT2D eigenvalue weighted by molar-refractivity contribution is -0.384. The van der Waals surface area contributed by atoms with E-state index in [9.17, 15) is 14.9 Å². The Hall–Kier alpha value is -2.63. The van der Waals surface area contributed by atoms with Gasteiger partial charge in [-0.15, -0.1) is 0 Å². The van der Waals surface area contributed by atoms with Gasteiger partial charge < -0.3 is 4.98 Å². The molecule has 6 nitrogen and oxygen atoms in total. The zero-order chi connectivity index (χ0) is 14.8. The van der Waals surface area contributed by atoms with Gasteiger partial charge in [-0.1, -0.05) is 0 Å². The average Bonchev–Trinajstić information content (AvgIpc) is 2.66. The van der Waals surface area contributed by atoms with Crippen LogP contribution in [0.15, 0.2) is 29.1 Å². The van der Waals surface area contributed by atoms with E-state index in [-0.39, 0.29) is 11.2 Å². The number of nitrogens with zero attached hydrogens (tertiary/aromatic N) is 2. The number of fused-ring (bicyclic) bond motifs is 1. The van der Waals surface area contributed by atoms with Crippen LogP contribution in [-0.4, -0.2) is 14.5 Å². The quantitative estimate of drug-likeness (QED) is 0.657. The molecule has 1 N–H and O–H groups in total. The van der Waals surface area contributed by atoms with E-state index in [4.69, 9.17) is 0 Å². The zero-order valence-electron chi connectivity index (χ0n) is 11.4. The number of aromatic nitrogens is 2. The lowest BCUT2D eigenvalue weighted by atomic mass is 10.2. The fourth-order valence-corrected chi connectivity index (χ4v) is 2.51. The Morgan fingerprint density at radius 2 is 2.00 bits per heavy atom. The van der Waals surface area contributed by atoms with Crippen molar-refractivity contribution in [2.45, 2.75) is 25.8 Å². The van der Waals surface area contributed by atoms with E-state index >= 15 is 0 Å². The fourth-order valence-electron chi connectivity index (χ4n) is 2.51. The molecular weight excluding hydrogens is 270 g/mol. The molecule has 0 atom stereocenters. The van der Waals surface area contributed by atoms with Gasteiger partial charge in [0, 0.05) is 18.7 Å². The third-order valence-electron chi connectivity index (χ3n) is 3.62. The highest BCUT2D eigenvalue weighted by Gasteiger charge is 2.07. The first-order chi connectivity index (χ1) is 10.1. The van der Waals surface area contributed by atoms with Gasteiger partial charge in [0.1, 0.15) is 10.8 Å². The number of nitrogens with one attached hydrogen (secondary N) is 1. The summed E-state index contributed by atoms with van der Waals surface area (Å²) in [6, 6.07) is 6.14. The van der Waals surface area contributed by atoms with Gasteiger partial charge in [-0.3, -0.25) is 19.5 Å². The van der Waals surface area contributed by atoms with Crippen molar-refractivity contribution in [2.75, 3.05) is 0 Å². The molecule has 0 fully saturated rings. The number of hydrogen-bond donors (Lipinski definition) is 1. The number of aromatic amines is 1. The summed E-state index contributed by atoms with van der Waals surface area (Å²) < 4.78 is 1.75. The Balaban J connectivity index is 2.06. The van der Waals surface area contributed by atoms with Crippen LogP contribution in [0.1, 0.15) is 24.8 Å². The molecule has 1 aliphatic rings. The number of nitro benzene ring substituents is 1. The fraction of sp³-hybridized carbons (Fsp3) is 0.267. The summed E-state index contributed by atoms with van der Waals surface area (Å²) in [7, 11) is 0. The van der Waals surface area contributed by atoms with Gasteiger partial charge in [-0.25, -0.2) is 0 Å². The number of imidazole rings is 1. The maximum Gasteiger partial charge on any atom is 0.275 e. The van der Waals surface area contributed by atoms with Crippen molar-refractivity contribution in [3.05, 3.63) is 61.1 Å². The van der Waals surface area contributed by atoms with Gasteiger partial charge in [0.2, 0.25) is 0 Å². The number of rotatable bonds is 2. The van der Waals surface area contributed by atoms with Crippen LogP contribution in [0.2, 0.25) is 0 Å². The summed E-state index contributed by atoms with van der Waals surface area (Å²) in [5.41, 5.74) is 1.61. The second kappa shape index (κ2) is 5.40. The van der Waals surface area contributed by atoms with Crippen LogP contribution in [0.3, 0.4) is 0 Å². The molecule has 0 saturated heterocycles. The van der Waals surface area contributed by atoms with Crippen LogP contribution >= 0.6 is 0 Å². The molecule has 0 aliphatic carbocycles. The molecule has 2 aromatic rings. The Labute approximate surface area is 120 Å². The number of H-pyrrole nitrogens is 1. The van der Waals surface area contributed by atoms with E-state index in [0.29, 0.717) is 5.35 Å². The highest BCUT2D eigenvalue weighted by Crippen LogP contribution is 2.11. The number of benzene rings is 1. The maximum atomic E-state index is 12.3. The first-order valence-corrected chi connectivity index (χ1v) is 6.90. The first-order valence-electron chi connectivity index (χ1n) is 6.90. The summed E-state index contributed by atoms with van der Waals surface area (Å²) in [5, 5.41) is 11.1. The second-order valence-corrected chi connectivity index (χ2v) is 5.07. The molecule has 0 spiro atoms. The molecule has 0 unspecified atom stereocenters. The van der Waals surface area contributed by atoms with Crippen LogP contribution < -0.4 is 16.4 Å². The van der Waals surface area contributed by atoms with E-state index in [1.165, 1.54) is 12.1 Å². The third kappa shape index (κ3) is 2.65. The highest BCUT2D eigenvalue weighted by molar-refractivity contribution is 5.50. The Kier molecular flexibility index (Phi) is 3.43. The first kappa shape index (κ1) is 13.4. The Morgan fingerprint density at radius 3 is 2.71 bits per heavy atom. The third-order valence-corrected chi connectivity index (χ3v) is 3.62. The van der Waals surface area contributed by atoms with Crippen LogP contribution in [0, 0.1) is 10.1 Å². The van der Waals surface area contributed by atoms with Gasteiger partial charge in [-0.05, 0) is 49.1 Å². The Bertz CT molecular complexity index is 844. The molecule has 108 valence electrons. The van der Waals surface area contributed by atoms with Crippen molar-refractivity contribution in [2.24, 2.45) is 0 Å². The normalized spacial score (nSPS) is 15.1. The molecule has 6 heteroatoms. The summed E-state index contributed by atoms with van der Waals surface area (Å²) in [6.45, 7) is 0.731. The smallest absolute Gasteiger partial charge is 0.275 e. The molecule has 0 amide bonds. The van der Waals surface area contributed by atoms with E-state index in [1.54, 1.807) is 22.8 Å². The molecule has 0 radical (unpaired) electrons. The van der Waals surface area contributed by atoms with Crippen molar-refractivity contribution in [3.63, 3.8) is 0 Å². The summed E-state index contributed by atoms with van der Waals surface area (Å²) >= 11 is 0. The van der Waals surface area contributed by atoms with E-state index in [2.05, 4.69) is 4.98 Å². The summed E-state index contributed by atoms with van der Waals surface area (Å²) in [4.78, 5) is 25.6. The molecule has 1 aromatic carbocycles. The topological polar surface area (TPSA) is 80.9 Å². The predicted molar refractivity (Wildman–Crippen MR) is 79.3 cm³/mol. The number of nitro groups is 1. The zero-order valence-corrected chi connectivity index (χ0v) is 11.4. The molecule has 1 aliphatic heterocycles. The number of hydrogen-bond acceptors (Lipinski definition) is 3. The summed E-state index contributed by atoms with van der Waals surface area (Å²) in [5.74, 6) is 0. The monoisotopic (exact) mass is 285 g/mol. The maximum absolute atomic E-state index is 12.3. The summed E-state index contributed by atoms with van der Waals surface area (Å²) in [6.07, 6.45) is 6.83. The van der Waals surface area contributed by atoms with Crippen LogP contribution in [-0.2, 0) is 6.54 Å². The van der Waals surface area contributed by atoms with Crippen LogP contribution in [0.4, 0.5) is 5.69 Å². The molecule has 1 aromatic heterocycles. The minimum absolute atomic E-state index is 0.0403. The SMILES string of the molecule is O=c1c(=Cc2ccc([N+](=O)[O-])cc2)[nH]c2n1CCCCC=2. The highest BCUT2D eigenvalue weighted by atomic mass is 16.6. The molecular formula is C15H15N3O3. The predicted octanol–water partition coefficient (Wildman–Crippen LogP) is 0.878. The van der Waals surface area contributed by atoms with Crippen molar-refractivity contribution >= 4 is 17.8 Å². The van der Waals surface area contributed by atoms with Crippen molar-refractivity contribution in [1.82, 2.24) is 9.55 Å². The van der Waals surface area contributed by atoms with E-state index in [1.807, 2.05) is 6.08 Å². The van der Waals surface area contributed by atoms with Gasteiger partial charge >= 0.3 is 0 Å². The van der Waals surface area contributed by atoms with Crippen LogP contribution in [0.25, 0.3) is 12.2 Å². The minimum atomic E-state index is -0.440. The van der Waals surface area contributed by atoms with Gasteiger partial charge in [-0.2, -0.15) is 0 Å². The second-order valence-electron chi connectivity index (χ2n) is 5.07. The lowest BCUT2D eigenvalue weighted by Gasteiger charge is -1.95. The Morgan fingerprint density at radius 1 is 1.24 bits per heavy atom. The van der Waals surface area contributed by atoms with Gasteiger partial charge in [0.05, 0.1) is 4.92 Å². The minimum Gasteiger partial charge on any atom is -0.337 e. The number of non-ortho nitro benzene ring substituents is 1. The average molecular weight is 285 g/mol. The molecule has 0 saturated carbocycles. The van der Waals surface area contributed by atoms with Crippen molar-refractivity contribution in [3.8, 4) is 0 Å². The van der Waals surface area contributed by atoms with Gasteiger partial charge in [0.25, 0.3) is 11.2 Å². The van der Waals surface area contributed by atoms with Gasteiger partial charge in [0.15, 0.2) is 0 Å². The molecule has 2 heterocycles. The van der Waals surface area contributed by atoms with E-state index < -0.39 is 4.92 Å². The molecule has 0 bridgehead atoms. The molecule has 21 heavy (non-hydrogen) atoms. The molecule has 3 rings (SSSR count). The van der Waals surface area contributed by atoms with Crippen molar-refractivity contribution < 1.29 is 4.92 Å². The van der Waals surface area contributed by atoms with E-state index in [0.717, 1.165) is 36.9 Å². The standard InChI is InChI=1S/C15H15N3O3/c19-15-13(16-14-4-2-1-3-9-17(14)15)10-11-5-7-12(8-6-11)18(20)21/h4-8,10,16H,1-3,9H2. The van der Waals surface area contributed by atoms with Crippen LogP contribution in [0.5, 0.6) is 0 Å². The van der Waals surface area contributed by atoms with Crippen molar-refractivity contribution in [1.29, 1.82) is 0 Å². The lowest BCUT2D eigenvalue weighted by Crippen LogP contribution is -2.31. The largest absolute Gasteiger partial charge is 0.337 e.